The van der Waals surface area contributed by atoms with Crippen molar-refractivity contribution in [3.63, 3.8) is 0 Å². The molecular formula is C7H6N4O2S. The van der Waals surface area contributed by atoms with Crippen LogP contribution in [0.4, 0.5) is 0 Å². The predicted octanol–water partition coefficient (Wildman–Crippen LogP) is 0.956. The third-order valence-electron chi connectivity index (χ3n) is 1.74. The van der Waals surface area contributed by atoms with Crippen LogP contribution in [0.25, 0.3) is 5.69 Å². The molecule has 0 aliphatic carbocycles. The van der Waals surface area contributed by atoms with E-state index in [1.165, 1.54) is 17.0 Å². The quantitative estimate of drug-likeness (QED) is 0.644. The van der Waals surface area contributed by atoms with Crippen LogP contribution in [0.2, 0.25) is 0 Å². The van der Waals surface area contributed by atoms with Crippen LogP contribution in [0.15, 0.2) is 18.6 Å². The third-order valence-corrected chi connectivity index (χ3v) is 2.04. The molecule has 0 unspecified atom stereocenters. The fourth-order valence-corrected chi connectivity index (χ4v) is 1.41. The van der Waals surface area contributed by atoms with Crippen LogP contribution < -0.4 is 0 Å². The zero-order valence-electron chi connectivity index (χ0n) is 6.89. The monoisotopic (exact) mass is 210 g/mol. The van der Waals surface area contributed by atoms with E-state index in [1.807, 2.05) is 0 Å². The summed E-state index contributed by atoms with van der Waals surface area (Å²) in [6.07, 6.45) is 4.41. The van der Waals surface area contributed by atoms with Gasteiger partial charge in [-0.15, -0.1) is 0 Å². The number of carbonyl (C=O) groups is 1. The van der Waals surface area contributed by atoms with Gasteiger partial charge in [-0.2, -0.15) is 5.10 Å². The fraction of sp³-hybridized carbons (Fsp3) is 0. The molecule has 2 aromatic heterocycles. The van der Waals surface area contributed by atoms with Crippen molar-refractivity contribution >= 4 is 18.2 Å². The van der Waals surface area contributed by atoms with Crippen LogP contribution in [-0.4, -0.2) is 30.8 Å². The molecule has 0 saturated carbocycles. The summed E-state index contributed by atoms with van der Waals surface area (Å²) in [7, 11) is 0. The minimum Gasteiger partial charge on any atom is -0.477 e. The van der Waals surface area contributed by atoms with E-state index in [2.05, 4.69) is 15.2 Å². The first kappa shape index (κ1) is 8.70. The van der Waals surface area contributed by atoms with Gasteiger partial charge < -0.3 is 10.1 Å². The van der Waals surface area contributed by atoms with E-state index >= 15 is 0 Å². The second kappa shape index (κ2) is 3.11. The Hall–Kier alpha value is -1.89. The van der Waals surface area contributed by atoms with Crippen LogP contribution in [0, 0.1) is 4.77 Å². The molecule has 0 aromatic carbocycles. The van der Waals surface area contributed by atoms with E-state index in [0.29, 0.717) is 10.5 Å². The highest BCUT2D eigenvalue weighted by Crippen LogP contribution is 2.10. The van der Waals surface area contributed by atoms with Crippen molar-refractivity contribution in [2.45, 2.75) is 0 Å². The van der Waals surface area contributed by atoms with Crippen molar-refractivity contribution in [2.75, 3.05) is 0 Å². The Labute approximate surface area is 83.2 Å². The number of H-pyrrole nitrogens is 2. The number of nitrogens with zero attached hydrogens (tertiary/aromatic N) is 2. The largest absolute Gasteiger partial charge is 0.477 e. The van der Waals surface area contributed by atoms with Crippen LogP contribution in [0.3, 0.4) is 0 Å². The van der Waals surface area contributed by atoms with Crippen molar-refractivity contribution < 1.29 is 9.90 Å². The number of hydrogen-bond donors (Lipinski definition) is 3. The number of nitrogens with one attached hydrogen (secondary N) is 2. The van der Waals surface area contributed by atoms with Gasteiger partial charge in [0, 0.05) is 12.4 Å². The van der Waals surface area contributed by atoms with Crippen molar-refractivity contribution in [1.82, 2.24) is 19.7 Å². The summed E-state index contributed by atoms with van der Waals surface area (Å²) < 4.78 is 1.71. The second-order valence-electron chi connectivity index (χ2n) is 2.58. The molecule has 2 rings (SSSR count). The van der Waals surface area contributed by atoms with Crippen LogP contribution in [0.5, 0.6) is 0 Å². The lowest BCUT2D eigenvalue weighted by Crippen LogP contribution is -2.05. The second-order valence-corrected chi connectivity index (χ2v) is 2.96. The molecule has 0 fully saturated rings. The molecule has 0 spiro atoms. The molecule has 0 radical (unpaired) electrons. The number of rotatable bonds is 2. The number of carboxylic acids is 1. The first-order valence-electron chi connectivity index (χ1n) is 3.73. The van der Waals surface area contributed by atoms with Crippen molar-refractivity contribution in [2.24, 2.45) is 0 Å². The molecule has 7 heteroatoms. The van der Waals surface area contributed by atoms with Gasteiger partial charge in [-0.05, 0) is 12.2 Å². The van der Waals surface area contributed by atoms with Crippen LogP contribution in [0.1, 0.15) is 10.5 Å². The molecule has 0 aliphatic heterocycles. The Balaban J connectivity index is 2.68. The zero-order chi connectivity index (χ0) is 10.1. The molecule has 0 atom stereocenters. The van der Waals surface area contributed by atoms with Crippen molar-refractivity contribution in [3.05, 3.63) is 29.1 Å². The average molecular weight is 210 g/mol. The van der Waals surface area contributed by atoms with Gasteiger partial charge in [0.1, 0.15) is 0 Å². The molecule has 3 N–H and O–H groups in total. The number of carboxylic acid groups (broad SMARTS) is 1. The van der Waals surface area contributed by atoms with Gasteiger partial charge >= 0.3 is 5.97 Å². The average Bonchev–Trinajstić information content (AvgIpc) is 2.71. The minimum absolute atomic E-state index is 0.0800. The number of aromatic amines is 2. The van der Waals surface area contributed by atoms with Crippen LogP contribution >= 0.6 is 12.2 Å². The van der Waals surface area contributed by atoms with E-state index in [1.54, 1.807) is 6.20 Å². The zero-order valence-corrected chi connectivity index (χ0v) is 7.71. The lowest BCUT2D eigenvalue weighted by Gasteiger charge is -1.99. The summed E-state index contributed by atoms with van der Waals surface area (Å²) in [6.45, 7) is 0. The Kier molecular flexibility index (Phi) is 1.93. The van der Waals surface area contributed by atoms with Crippen molar-refractivity contribution in [1.29, 1.82) is 0 Å². The maximum Gasteiger partial charge on any atom is 0.354 e. The normalized spacial score (nSPS) is 10.3. The summed E-state index contributed by atoms with van der Waals surface area (Å²) in [4.78, 5) is 13.5. The molecule has 72 valence electrons. The molecule has 2 heterocycles. The van der Waals surface area contributed by atoms with E-state index in [9.17, 15) is 4.79 Å². The highest BCUT2D eigenvalue weighted by atomic mass is 32.1. The lowest BCUT2D eigenvalue weighted by atomic mass is 10.4. The van der Waals surface area contributed by atoms with E-state index in [0.717, 1.165) is 0 Å². The molecule has 0 saturated heterocycles. The van der Waals surface area contributed by atoms with E-state index < -0.39 is 5.97 Å². The molecular weight excluding hydrogens is 204 g/mol. The highest BCUT2D eigenvalue weighted by molar-refractivity contribution is 7.71. The Morgan fingerprint density at radius 2 is 2.36 bits per heavy atom. The summed E-state index contributed by atoms with van der Waals surface area (Å²) in [5, 5.41) is 15.2. The van der Waals surface area contributed by atoms with Crippen LogP contribution in [-0.2, 0) is 0 Å². The lowest BCUT2D eigenvalue weighted by molar-refractivity contribution is 0.0688. The smallest absolute Gasteiger partial charge is 0.354 e. The maximum atomic E-state index is 10.8. The molecule has 2 aromatic rings. The van der Waals surface area contributed by atoms with Gasteiger partial charge in [0.05, 0.1) is 11.9 Å². The topological polar surface area (TPSA) is 86.7 Å². The van der Waals surface area contributed by atoms with Gasteiger partial charge in [0.25, 0.3) is 0 Å². The van der Waals surface area contributed by atoms with Gasteiger partial charge in [-0.25, -0.2) is 4.79 Å². The molecule has 0 amide bonds. The van der Waals surface area contributed by atoms with Gasteiger partial charge in [-0.1, -0.05) is 0 Å². The third kappa shape index (κ3) is 1.23. The predicted molar refractivity (Wildman–Crippen MR) is 50.1 cm³/mol. The number of aromatic carboxylic acids is 1. The van der Waals surface area contributed by atoms with Gasteiger partial charge in [0.2, 0.25) is 0 Å². The molecule has 0 aliphatic rings. The fourth-order valence-electron chi connectivity index (χ4n) is 1.15. The molecule has 6 nitrogen and oxygen atoms in total. The maximum absolute atomic E-state index is 10.8. The SMILES string of the molecule is O=C(O)c1c[nH]c(=S)n1-c1cn[nH]c1. The van der Waals surface area contributed by atoms with Crippen molar-refractivity contribution in [3.8, 4) is 5.69 Å². The number of hydrogen-bond acceptors (Lipinski definition) is 3. The molecule has 0 bridgehead atoms. The standard InChI is InChI=1S/C7H6N4O2S/c12-6(13)5-3-8-7(14)11(5)4-1-9-10-2-4/h1-3H,(H,8,14)(H,9,10)(H,12,13). The molecule has 14 heavy (non-hydrogen) atoms. The Bertz CT molecular complexity index is 510. The van der Waals surface area contributed by atoms with E-state index in [4.69, 9.17) is 17.3 Å². The Morgan fingerprint density at radius 1 is 1.57 bits per heavy atom. The van der Waals surface area contributed by atoms with Gasteiger partial charge in [0.15, 0.2) is 10.5 Å². The Morgan fingerprint density at radius 3 is 2.93 bits per heavy atom. The number of aromatic nitrogens is 4. The highest BCUT2D eigenvalue weighted by Gasteiger charge is 2.12. The summed E-state index contributed by atoms with van der Waals surface area (Å²) >= 11 is 4.94. The first-order valence-corrected chi connectivity index (χ1v) is 4.14. The summed E-state index contributed by atoms with van der Waals surface area (Å²) in [6, 6.07) is 0. The summed E-state index contributed by atoms with van der Waals surface area (Å²) in [5.74, 6) is -1.04. The summed E-state index contributed by atoms with van der Waals surface area (Å²) in [5.41, 5.74) is 0.671. The van der Waals surface area contributed by atoms with Gasteiger partial charge in [-0.3, -0.25) is 9.67 Å². The minimum atomic E-state index is -1.04. The van der Waals surface area contributed by atoms with E-state index in [-0.39, 0.29) is 5.69 Å². The first-order chi connectivity index (χ1) is 6.70. The number of imidazole rings is 1.